The molecule has 1 saturated heterocycles. The van der Waals surface area contributed by atoms with Gasteiger partial charge in [0.05, 0.1) is 13.3 Å². The maximum Gasteiger partial charge on any atom is 0.253 e. The first-order valence-electron chi connectivity index (χ1n) is 8.13. The van der Waals surface area contributed by atoms with Crippen LogP contribution in [0, 0.1) is 5.92 Å². The van der Waals surface area contributed by atoms with E-state index in [1.807, 2.05) is 30.3 Å². The first-order valence-corrected chi connectivity index (χ1v) is 8.13. The van der Waals surface area contributed by atoms with Crippen molar-refractivity contribution in [3.63, 3.8) is 0 Å². The Hall–Kier alpha value is -3.35. The number of hydrogen-bond acceptors (Lipinski definition) is 5. The minimum absolute atomic E-state index is 0.0752. The maximum atomic E-state index is 12.5. The monoisotopic (exact) mass is 353 g/mol. The molecule has 2 aromatic carbocycles. The van der Waals surface area contributed by atoms with E-state index >= 15 is 0 Å². The zero-order valence-corrected chi connectivity index (χ0v) is 14.2. The number of aromatic hydroxyl groups is 1. The second kappa shape index (κ2) is 7.69. The Bertz CT molecular complexity index is 836. The van der Waals surface area contributed by atoms with Crippen LogP contribution in [0.25, 0.3) is 0 Å². The predicted molar refractivity (Wildman–Crippen MR) is 96.1 cm³/mol. The molecule has 0 spiro atoms. The third-order valence-electron chi connectivity index (χ3n) is 4.32. The second-order valence-corrected chi connectivity index (χ2v) is 5.87. The lowest BCUT2D eigenvalue weighted by molar-refractivity contribution is -0.133. The van der Waals surface area contributed by atoms with Crippen LogP contribution in [-0.4, -0.2) is 36.8 Å². The normalized spacial score (nSPS) is 19.3. The summed E-state index contributed by atoms with van der Waals surface area (Å²) in [5, 5.41) is 16.6. The molecule has 0 aromatic heterocycles. The van der Waals surface area contributed by atoms with Gasteiger partial charge in [0.15, 0.2) is 11.5 Å². The number of carbonyl (C=O) groups excluding carboxylic acids is 2. The Morgan fingerprint density at radius 3 is 2.77 bits per heavy atom. The minimum atomic E-state index is -0.853. The van der Waals surface area contributed by atoms with Crippen LogP contribution in [0.15, 0.2) is 53.6 Å². The van der Waals surface area contributed by atoms with Gasteiger partial charge in [0, 0.05) is 18.0 Å². The van der Waals surface area contributed by atoms with Crippen molar-refractivity contribution in [1.82, 2.24) is 10.7 Å². The van der Waals surface area contributed by atoms with E-state index in [1.54, 1.807) is 18.2 Å². The topological polar surface area (TPSA) is 100 Å². The van der Waals surface area contributed by atoms with Gasteiger partial charge in [0.1, 0.15) is 5.92 Å². The van der Waals surface area contributed by atoms with Gasteiger partial charge in [0.25, 0.3) is 5.91 Å². The smallest absolute Gasteiger partial charge is 0.253 e. The van der Waals surface area contributed by atoms with E-state index in [1.165, 1.54) is 13.3 Å². The van der Waals surface area contributed by atoms with Crippen molar-refractivity contribution in [2.75, 3.05) is 13.7 Å². The number of ether oxygens (including phenoxy) is 1. The molecule has 7 heteroatoms. The third-order valence-corrected chi connectivity index (χ3v) is 4.32. The van der Waals surface area contributed by atoms with Gasteiger partial charge in [-0.2, -0.15) is 5.10 Å². The van der Waals surface area contributed by atoms with Crippen LogP contribution in [0.5, 0.6) is 11.5 Å². The molecule has 0 aliphatic carbocycles. The summed E-state index contributed by atoms with van der Waals surface area (Å²) in [4.78, 5) is 24.6. The van der Waals surface area contributed by atoms with Crippen LogP contribution in [0.1, 0.15) is 17.0 Å². The number of hydrogen-bond donors (Lipinski definition) is 3. The van der Waals surface area contributed by atoms with Crippen LogP contribution in [0.3, 0.4) is 0 Å². The zero-order chi connectivity index (χ0) is 18.5. The Balaban J connectivity index is 1.72. The minimum Gasteiger partial charge on any atom is -0.504 e. The van der Waals surface area contributed by atoms with Gasteiger partial charge < -0.3 is 15.2 Å². The number of nitrogens with one attached hydrogen (secondary N) is 2. The molecule has 1 heterocycles. The summed E-state index contributed by atoms with van der Waals surface area (Å²) >= 11 is 0. The Kier molecular flexibility index (Phi) is 5.17. The standard InChI is InChI=1S/C19H19N3O4/c1-26-15-9-5-8-13(17(15)23)10-21-22-19(25)16-14(11-20-18(16)24)12-6-3-2-4-7-12/h2-10,14,16,23H,11H2,1H3,(H,20,24)(H,22,25)/b21-10+. The van der Waals surface area contributed by atoms with Crippen LogP contribution >= 0.6 is 0 Å². The number of phenols is 1. The largest absolute Gasteiger partial charge is 0.504 e. The highest BCUT2D eigenvalue weighted by atomic mass is 16.5. The molecule has 7 nitrogen and oxygen atoms in total. The SMILES string of the molecule is COc1cccc(/C=N/NC(=O)C2C(=O)NCC2c2ccccc2)c1O. The molecule has 3 rings (SSSR count). The lowest BCUT2D eigenvalue weighted by atomic mass is 9.88. The van der Waals surface area contributed by atoms with Gasteiger partial charge in [-0.3, -0.25) is 9.59 Å². The van der Waals surface area contributed by atoms with Crippen molar-refractivity contribution in [3.05, 3.63) is 59.7 Å². The fourth-order valence-corrected chi connectivity index (χ4v) is 2.98. The van der Waals surface area contributed by atoms with Crippen molar-refractivity contribution in [2.24, 2.45) is 11.0 Å². The van der Waals surface area contributed by atoms with Crippen molar-refractivity contribution in [2.45, 2.75) is 5.92 Å². The second-order valence-electron chi connectivity index (χ2n) is 5.87. The number of amides is 2. The van der Waals surface area contributed by atoms with Gasteiger partial charge >= 0.3 is 0 Å². The summed E-state index contributed by atoms with van der Waals surface area (Å²) in [5.41, 5.74) is 3.69. The van der Waals surface area contributed by atoms with E-state index in [9.17, 15) is 14.7 Å². The van der Waals surface area contributed by atoms with Crippen molar-refractivity contribution >= 4 is 18.0 Å². The number of benzene rings is 2. The fourth-order valence-electron chi connectivity index (χ4n) is 2.98. The molecule has 0 bridgehead atoms. The fraction of sp³-hybridized carbons (Fsp3) is 0.211. The van der Waals surface area contributed by atoms with Gasteiger partial charge in [-0.1, -0.05) is 36.4 Å². The number of rotatable bonds is 5. The van der Waals surface area contributed by atoms with Crippen LogP contribution in [-0.2, 0) is 9.59 Å². The number of methoxy groups -OCH3 is 1. The average molecular weight is 353 g/mol. The number of hydrazone groups is 1. The van der Waals surface area contributed by atoms with E-state index < -0.39 is 11.8 Å². The van der Waals surface area contributed by atoms with Gasteiger partial charge in [-0.15, -0.1) is 0 Å². The predicted octanol–water partition coefficient (Wildman–Crippen LogP) is 1.38. The molecule has 26 heavy (non-hydrogen) atoms. The molecule has 0 saturated carbocycles. The molecule has 134 valence electrons. The molecule has 0 radical (unpaired) electrons. The Labute approximate surface area is 150 Å². The van der Waals surface area contributed by atoms with E-state index in [0.717, 1.165) is 5.56 Å². The number of nitrogens with zero attached hydrogens (tertiary/aromatic N) is 1. The highest BCUT2D eigenvalue weighted by molar-refractivity contribution is 6.03. The van der Waals surface area contributed by atoms with E-state index in [4.69, 9.17) is 4.74 Å². The van der Waals surface area contributed by atoms with Gasteiger partial charge in [0.2, 0.25) is 5.91 Å². The van der Waals surface area contributed by atoms with Gasteiger partial charge in [-0.25, -0.2) is 5.43 Å². The number of carbonyl (C=O) groups is 2. The molecular formula is C19H19N3O4. The molecule has 2 aromatic rings. The van der Waals surface area contributed by atoms with E-state index in [0.29, 0.717) is 17.9 Å². The third kappa shape index (κ3) is 3.51. The van der Waals surface area contributed by atoms with E-state index in [2.05, 4.69) is 15.8 Å². The molecular weight excluding hydrogens is 334 g/mol. The molecule has 2 amide bonds. The molecule has 3 N–H and O–H groups in total. The molecule has 2 unspecified atom stereocenters. The summed E-state index contributed by atoms with van der Waals surface area (Å²) < 4.78 is 5.02. The molecule has 1 aliphatic rings. The van der Waals surface area contributed by atoms with Crippen molar-refractivity contribution < 1.29 is 19.4 Å². The molecule has 1 aliphatic heterocycles. The summed E-state index contributed by atoms with van der Waals surface area (Å²) in [6, 6.07) is 14.3. The highest BCUT2D eigenvalue weighted by Gasteiger charge is 2.40. The average Bonchev–Trinajstić information content (AvgIpc) is 3.05. The van der Waals surface area contributed by atoms with E-state index in [-0.39, 0.29) is 17.6 Å². The zero-order valence-electron chi connectivity index (χ0n) is 14.2. The first-order chi connectivity index (χ1) is 12.6. The lowest BCUT2D eigenvalue weighted by Gasteiger charge is -2.15. The van der Waals surface area contributed by atoms with Crippen LogP contribution in [0.4, 0.5) is 0 Å². The number of phenolic OH excluding ortho intramolecular Hbond substituents is 1. The number of para-hydroxylation sites is 1. The highest BCUT2D eigenvalue weighted by Crippen LogP contribution is 2.29. The summed E-state index contributed by atoms with van der Waals surface area (Å²) in [5.74, 6) is -1.69. The lowest BCUT2D eigenvalue weighted by Crippen LogP contribution is -2.34. The maximum absolute atomic E-state index is 12.5. The Morgan fingerprint density at radius 1 is 1.27 bits per heavy atom. The van der Waals surface area contributed by atoms with Crippen molar-refractivity contribution in [3.8, 4) is 11.5 Å². The van der Waals surface area contributed by atoms with Crippen LogP contribution in [0.2, 0.25) is 0 Å². The summed E-state index contributed by atoms with van der Waals surface area (Å²) in [6.45, 7) is 0.404. The first kappa shape index (κ1) is 17.5. The van der Waals surface area contributed by atoms with Crippen molar-refractivity contribution in [1.29, 1.82) is 0 Å². The summed E-state index contributed by atoms with van der Waals surface area (Å²) in [6.07, 6.45) is 1.31. The Morgan fingerprint density at radius 2 is 2.04 bits per heavy atom. The molecule has 2 atom stereocenters. The quantitative estimate of drug-likeness (QED) is 0.429. The van der Waals surface area contributed by atoms with Crippen LogP contribution < -0.4 is 15.5 Å². The van der Waals surface area contributed by atoms with Gasteiger partial charge in [-0.05, 0) is 17.7 Å². The molecule has 1 fully saturated rings. The summed E-state index contributed by atoms with van der Waals surface area (Å²) in [7, 11) is 1.44.